The van der Waals surface area contributed by atoms with Gasteiger partial charge in [-0.3, -0.25) is 14.6 Å². The molecule has 1 aromatic carbocycles. The van der Waals surface area contributed by atoms with Crippen LogP contribution in [-0.2, 0) is 42.0 Å². The van der Waals surface area contributed by atoms with Crippen molar-refractivity contribution >= 4 is 0 Å². The Balaban J connectivity index is -0.000000237. The Bertz CT molecular complexity index is 3510. The summed E-state index contributed by atoms with van der Waals surface area (Å²) in [6.07, 6.45) is 47.1. The normalized spacial score (nSPS) is 13.6. The van der Waals surface area contributed by atoms with Crippen molar-refractivity contribution in [3.05, 3.63) is 161 Å². The Morgan fingerprint density at radius 3 is 0.788 bits per heavy atom. The summed E-state index contributed by atoms with van der Waals surface area (Å²) < 4.78 is 13.2. The van der Waals surface area contributed by atoms with E-state index in [2.05, 4.69) is 603 Å². The lowest BCUT2D eigenvalue weighted by molar-refractivity contribution is -0.00721. The predicted molar refractivity (Wildman–Crippen MR) is 673 cm³/mol. The molecule has 0 amide bonds. The highest BCUT2D eigenvalue weighted by Gasteiger charge is 2.25. The standard InChI is InChI=1S/C14H22.2C13H21N.C13H26.C12H26.C12H24.C11H24O.C11H22O.C11H24.C11H22.C10H22.C9H16N2/c1-13(2,3)11-7-9-12(10-8-11)14(4,5)6;2*1-12(2,3)10-7-8-11(14-9-10)13(4,5)6;1-11(2)10-12(3)8-7-9-13(4,5)6;2*1-11(2,3)9-7-8-10-12(4,5)6;2*1-10(2,3)8-7-9-12-11(4,5)6;2*1-10(2,3)8-7-9-11(4,5)6;1-9(2,3)7-8-10(4,5)6;1-7(2)9-5-10-11(6-9)8(3)4/h7-10H,1-6H3;2*7-9H,1-6H3;7,9,11-12H,8,10H2,1-6H3;7-10H2,1-6H3;7,9H,8,10H2,1-6H3;7-9H2,1-6H3;7-8H,9H2,1-6H3;7-9H2,1-6H3;7-8H,9H2,1-6H3;7-8H2,1-6H3;5-8H,1-4H3. The molecule has 1 atom stereocenters. The first kappa shape index (κ1) is 157. The first-order valence-electron chi connectivity index (χ1n) is 58.1. The van der Waals surface area contributed by atoms with E-state index in [4.69, 9.17) is 9.47 Å². The van der Waals surface area contributed by atoms with Gasteiger partial charge < -0.3 is 9.47 Å². The molecule has 0 N–H and O–H groups in total. The molecule has 3 heterocycles. The van der Waals surface area contributed by atoms with Gasteiger partial charge in [0.05, 0.1) is 24.0 Å². The molecule has 6 heteroatoms. The van der Waals surface area contributed by atoms with Crippen LogP contribution in [0.25, 0.3) is 0 Å². The third-order valence-corrected chi connectivity index (χ3v) is 22.7. The molecule has 862 valence electrons. The van der Waals surface area contributed by atoms with E-state index in [1.54, 1.807) is 0 Å². The van der Waals surface area contributed by atoms with E-state index in [-0.39, 0.29) is 49.1 Å². The van der Waals surface area contributed by atoms with E-state index >= 15 is 0 Å². The van der Waals surface area contributed by atoms with Gasteiger partial charge in [0.1, 0.15) is 0 Å². The van der Waals surface area contributed by atoms with Crippen molar-refractivity contribution in [2.45, 2.75) is 643 Å². The molecule has 0 radical (unpaired) electrons. The smallest absolute Gasteiger partial charge is 0.0654 e. The number of nitrogens with zero attached hydrogens (tertiary/aromatic N) is 4. The van der Waals surface area contributed by atoms with Gasteiger partial charge in [-0.1, -0.05) is 534 Å². The van der Waals surface area contributed by atoms with Gasteiger partial charge >= 0.3 is 0 Å². The van der Waals surface area contributed by atoms with Crippen molar-refractivity contribution in [2.24, 2.45) is 82.2 Å². The molecule has 4 rings (SSSR count). The van der Waals surface area contributed by atoms with Crippen LogP contribution in [0.2, 0.25) is 0 Å². The summed E-state index contributed by atoms with van der Waals surface area (Å²) in [5.41, 5.74) is 16.0. The Labute approximate surface area is 922 Å². The maximum absolute atomic E-state index is 5.62. The number of ether oxygens (including phenoxy) is 2. The predicted octanol–water partition coefficient (Wildman–Crippen LogP) is 47.1. The number of allylic oxidation sites excluding steroid dienone is 7. The van der Waals surface area contributed by atoms with E-state index in [0.29, 0.717) is 83.5 Å². The SMILES string of the molecule is CC(C)(C)C=CCC(C)(C)C.CC(C)(C)C=CCCC(C)(C)C.CC(C)(C)C=CCOC(C)(C)C.CC(C)(C)CCC(C)(C)C.CC(C)(C)CCCC(C)(C)C.CC(C)(C)CCCCC(C)(C)C.CC(C)(C)CCCOC(C)(C)C.CC(C)(C)c1ccc(C(C)(C)C)cc1.CC(C)(C)c1ccc(C(C)(C)C)nc1.CC(C)(C)c1ccc(C(C)(C)C)nc1.CC(C)CC(C)CC=CC(C)(C)C.CC(C)c1cnn(C(C)C)c1. The number of rotatable bonds is 20. The van der Waals surface area contributed by atoms with Gasteiger partial charge in [0.15, 0.2) is 0 Å². The van der Waals surface area contributed by atoms with E-state index in [0.717, 1.165) is 29.8 Å². The van der Waals surface area contributed by atoms with Gasteiger partial charge in [-0.25, -0.2) is 0 Å². The van der Waals surface area contributed by atoms with Crippen molar-refractivity contribution in [3.8, 4) is 0 Å². The van der Waals surface area contributed by atoms with Gasteiger partial charge in [-0.05, 0) is 289 Å². The second-order valence-electron chi connectivity index (χ2n) is 67.3. The minimum absolute atomic E-state index is 0.0256. The summed E-state index contributed by atoms with van der Waals surface area (Å²) >= 11 is 0. The van der Waals surface area contributed by atoms with E-state index in [1.165, 1.54) is 131 Å². The Hall–Kier alpha value is -4.39. The zero-order chi connectivity index (χ0) is 118. The highest BCUT2D eigenvalue weighted by atomic mass is 16.5. The number of aromatic nitrogens is 4. The van der Waals surface area contributed by atoms with E-state index in [1.807, 2.05) is 23.3 Å². The summed E-state index contributed by atoms with van der Waals surface area (Å²) in [5.74, 6) is 2.25. The van der Waals surface area contributed by atoms with Crippen LogP contribution >= 0.6 is 0 Å². The lowest BCUT2D eigenvalue weighted by atomic mass is 9.81. The third kappa shape index (κ3) is 121. The highest BCUT2D eigenvalue weighted by Crippen LogP contribution is 2.36. The number of hydrogen-bond donors (Lipinski definition) is 0. The van der Waals surface area contributed by atoms with Crippen LogP contribution in [0.4, 0.5) is 0 Å². The molecule has 3 aromatic heterocycles. The summed E-state index contributed by atoms with van der Waals surface area (Å²) in [6.45, 7) is 158. The summed E-state index contributed by atoms with van der Waals surface area (Å²) in [4.78, 5) is 9.03. The molecule has 0 aliphatic heterocycles. The molecule has 0 saturated heterocycles. The molecule has 1 unspecified atom stereocenters. The largest absolute Gasteiger partial charge is 0.376 e. The molecular formula is C140H270N4O2. The molecule has 0 spiro atoms. The number of unbranched alkanes of at least 4 members (excludes halogenated alkanes) is 1. The molecule has 0 aliphatic rings. The third-order valence-electron chi connectivity index (χ3n) is 22.7. The Morgan fingerprint density at radius 1 is 0.274 bits per heavy atom. The molecule has 146 heavy (non-hydrogen) atoms. The average molecular weight is 2040 g/mol. The lowest BCUT2D eigenvalue weighted by Gasteiger charge is -2.24. The molecule has 6 nitrogen and oxygen atoms in total. The number of benzene rings is 1. The maximum Gasteiger partial charge on any atom is 0.0654 e. The topological polar surface area (TPSA) is 62.1 Å². The average Bonchev–Trinajstić information content (AvgIpc) is 1.03. The fraction of sp³-hybridized carbons (Fsp3) is 0.807. The number of pyridine rings is 2. The van der Waals surface area contributed by atoms with Crippen LogP contribution in [0.15, 0.2) is 122 Å². The molecule has 4 aromatic rings. The zero-order valence-electron chi connectivity index (χ0n) is 113. The lowest BCUT2D eigenvalue weighted by Crippen LogP contribution is -2.20. The minimum Gasteiger partial charge on any atom is -0.376 e. The van der Waals surface area contributed by atoms with Crippen LogP contribution in [0.5, 0.6) is 0 Å². The van der Waals surface area contributed by atoms with Gasteiger partial charge in [0.2, 0.25) is 0 Å². The zero-order valence-corrected chi connectivity index (χ0v) is 113. The molecule has 0 saturated carbocycles. The van der Waals surface area contributed by atoms with Crippen molar-refractivity contribution in [1.82, 2.24) is 19.7 Å². The fourth-order valence-corrected chi connectivity index (χ4v) is 13.1. The quantitative estimate of drug-likeness (QED) is 0.0652. The highest BCUT2D eigenvalue weighted by molar-refractivity contribution is 5.31. The first-order chi connectivity index (χ1) is 64.0. The van der Waals surface area contributed by atoms with E-state index < -0.39 is 0 Å². The van der Waals surface area contributed by atoms with Crippen molar-refractivity contribution < 1.29 is 9.47 Å². The second kappa shape index (κ2) is 68.1. The van der Waals surface area contributed by atoms with Crippen LogP contribution in [-0.4, -0.2) is 44.2 Å². The van der Waals surface area contributed by atoms with Crippen LogP contribution < -0.4 is 0 Å². The van der Waals surface area contributed by atoms with E-state index in [9.17, 15) is 0 Å². The molecule has 0 aliphatic carbocycles. The molecular weight excluding hydrogens is 1770 g/mol. The van der Waals surface area contributed by atoms with Gasteiger partial charge in [0, 0.05) is 53.5 Å². The Morgan fingerprint density at radius 2 is 0.555 bits per heavy atom. The van der Waals surface area contributed by atoms with Crippen LogP contribution in [0.1, 0.15) is 639 Å². The maximum atomic E-state index is 5.62. The van der Waals surface area contributed by atoms with Crippen molar-refractivity contribution in [2.75, 3.05) is 13.2 Å². The summed E-state index contributed by atoms with van der Waals surface area (Å²) in [5, 5.41) is 4.25. The minimum atomic E-state index is -0.0256. The fourth-order valence-electron chi connectivity index (χ4n) is 13.1. The van der Waals surface area contributed by atoms with Crippen molar-refractivity contribution in [3.63, 3.8) is 0 Å². The van der Waals surface area contributed by atoms with Gasteiger partial charge in [-0.2, -0.15) is 5.10 Å². The van der Waals surface area contributed by atoms with Crippen molar-refractivity contribution in [1.29, 1.82) is 0 Å². The monoisotopic (exact) mass is 2040 g/mol. The molecule has 0 fully saturated rings. The first-order valence-corrected chi connectivity index (χ1v) is 58.1. The Kier molecular flexibility index (Phi) is 73.2. The van der Waals surface area contributed by atoms with Crippen LogP contribution in [0, 0.1) is 82.2 Å². The van der Waals surface area contributed by atoms with Gasteiger partial charge in [0.25, 0.3) is 0 Å². The molecule has 0 bridgehead atoms. The summed E-state index contributed by atoms with van der Waals surface area (Å²) in [7, 11) is 0. The second-order valence-corrected chi connectivity index (χ2v) is 67.3. The number of hydrogen-bond acceptors (Lipinski definition) is 5. The summed E-state index contributed by atoms with van der Waals surface area (Å²) in [6, 6.07) is 18.1. The van der Waals surface area contributed by atoms with Crippen LogP contribution in [0.3, 0.4) is 0 Å². The van der Waals surface area contributed by atoms with Gasteiger partial charge in [-0.15, -0.1) is 0 Å².